The van der Waals surface area contributed by atoms with E-state index in [2.05, 4.69) is 15.2 Å². The van der Waals surface area contributed by atoms with E-state index in [4.69, 9.17) is 5.73 Å². The fourth-order valence-corrected chi connectivity index (χ4v) is 6.38. The summed E-state index contributed by atoms with van der Waals surface area (Å²) in [6.45, 7) is 1.38. The summed E-state index contributed by atoms with van der Waals surface area (Å²) in [5, 5.41) is 7.94. The number of halogens is 4. The summed E-state index contributed by atoms with van der Waals surface area (Å²) in [6, 6.07) is 7.12. The number of benzene rings is 1. The Morgan fingerprint density at radius 2 is 1.80 bits per heavy atom. The molecule has 1 aliphatic heterocycles. The molecule has 0 radical (unpaired) electrons. The first-order valence-corrected chi connectivity index (χ1v) is 13.8. The minimum atomic E-state index is -4.55. The Morgan fingerprint density at radius 3 is 2.48 bits per heavy atom. The number of aromatic nitrogens is 5. The first-order valence-electron chi connectivity index (χ1n) is 11.9. The zero-order valence-corrected chi connectivity index (χ0v) is 22.3. The molecule has 0 unspecified atom stereocenters. The zero-order valence-electron chi connectivity index (χ0n) is 21.5. The smallest absolute Gasteiger partial charge is 0.382 e. The lowest BCUT2D eigenvalue weighted by Gasteiger charge is -2.44. The fraction of sp³-hybridized carbons (Fsp3) is 0.333. The molecule has 0 saturated carbocycles. The van der Waals surface area contributed by atoms with Crippen LogP contribution in [0.1, 0.15) is 13.8 Å². The van der Waals surface area contributed by atoms with Gasteiger partial charge in [-0.25, -0.2) is 22.3 Å². The number of carbonyl (C=O) groups is 1. The maximum atomic E-state index is 16.2. The molecule has 212 valence electrons. The zero-order chi connectivity index (χ0) is 29.2. The van der Waals surface area contributed by atoms with Gasteiger partial charge >= 0.3 is 6.18 Å². The number of rotatable bonds is 5. The number of anilines is 2. The number of nitrogen functional groups attached to an aromatic ring is 1. The predicted molar refractivity (Wildman–Crippen MR) is 138 cm³/mol. The van der Waals surface area contributed by atoms with Crippen molar-refractivity contribution in [1.29, 1.82) is 0 Å². The van der Waals surface area contributed by atoms with Crippen molar-refractivity contribution >= 4 is 33.0 Å². The van der Waals surface area contributed by atoms with Crippen LogP contribution in [0.5, 0.6) is 0 Å². The molecule has 0 atom stereocenters. The summed E-state index contributed by atoms with van der Waals surface area (Å²) in [5.74, 6) is -1.49. The molecule has 1 aromatic carbocycles. The molecule has 0 bridgehead atoms. The highest BCUT2D eigenvalue weighted by atomic mass is 32.2. The van der Waals surface area contributed by atoms with Gasteiger partial charge in [0.15, 0.2) is 11.6 Å². The van der Waals surface area contributed by atoms with Crippen LogP contribution in [0, 0.1) is 5.82 Å². The van der Waals surface area contributed by atoms with Gasteiger partial charge in [-0.2, -0.15) is 27.7 Å². The lowest BCUT2D eigenvalue weighted by Crippen LogP contribution is -2.64. The molecule has 1 aliphatic rings. The third-order valence-corrected chi connectivity index (χ3v) is 8.21. The van der Waals surface area contributed by atoms with Crippen LogP contribution in [-0.4, -0.2) is 74.1 Å². The van der Waals surface area contributed by atoms with E-state index in [1.165, 1.54) is 59.8 Å². The van der Waals surface area contributed by atoms with Crippen molar-refractivity contribution in [3.8, 4) is 22.5 Å². The van der Waals surface area contributed by atoms with Gasteiger partial charge in [0.25, 0.3) is 0 Å². The molecule has 11 nitrogen and oxygen atoms in total. The largest absolute Gasteiger partial charge is 0.408 e. The van der Waals surface area contributed by atoms with Crippen LogP contribution < -0.4 is 10.6 Å². The molecular formula is C24H24F4N8O3S. The van der Waals surface area contributed by atoms with Crippen molar-refractivity contribution in [1.82, 2.24) is 28.7 Å². The average molecular weight is 581 g/mol. The first kappa shape index (κ1) is 27.5. The predicted octanol–water partition coefficient (Wildman–Crippen LogP) is 2.93. The van der Waals surface area contributed by atoms with Crippen molar-refractivity contribution in [2.45, 2.75) is 32.1 Å². The van der Waals surface area contributed by atoms with Gasteiger partial charge in [0, 0.05) is 30.4 Å². The van der Waals surface area contributed by atoms with Crippen molar-refractivity contribution in [3.63, 3.8) is 0 Å². The number of sulfonamides is 1. The van der Waals surface area contributed by atoms with E-state index in [1.54, 1.807) is 0 Å². The summed E-state index contributed by atoms with van der Waals surface area (Å²) in [5.41, 5.74) is 5.04. The number of hydrogen-bond acceptors (Lipinski definition) is 7. The molecule has 4 heterocycles. The highest BCUT2D eigenvalue weighted by Gasteiger charge is 2.47. The van der Waals surface area contributed by atoms with Crippen LogP contribution in [0.15, 0.2) is 42.9 Å². The quantitative estimate of drug-likeness (QED) is 0.359. The third-order valence-electron chi connectivity index (χ3n) is 6.77. The Kier molecular flexibility index (Phi) is 6.37. The molecule has 0 spiro atoms. The van der Waals surface area contributed by atoms with Crippen LogP contribution in [0.4, 0.5) is 29.1 Å². The van der Waals surface area contributed by atoms with Gasteiger partial charge in [-0.05, 0) is 38.1 Å². The number of amides is 1. The topological polar surface area (TPSA) is 132 Å². The first-order chi connectivity index (χ1) is 18.6. The van der Waals surface area contributed by atoms with Gasteiger partial charge in [-0.3, -0.25) is 9.48 Å². The molecule has 16 heteroatoms. The van der Waals surface area contributed by atoms with Gasteiger partial charge < -0.3 is 10.6 Å². The second-order valence-corrected chi connectivity index (χ2v) is 11.7. The minimum absolute atomic E-state index is 0.0186. The Labute approximate surface area is 225 Å². The maximum absolute atomic E-state index is 16.2. The Hall–Kier alpha value is -4.05. The van der Waals surface area contributed by atoms with Crippen molar-refractivity contribution in [2.75, 3.05) is 30.0 Å². The normalized spacial score (nSPS) is 16.7. The molecule has 3 aromatic heterocycles. The average Bonchev–Trinajstić information content (AvgIpc) is 3.44. The number of fused-ring (bicyclic) bond motifs is 1. The number of alkyl halides is 3. The van der Waals surface area contributed by atoms with E-state index in [0.29, 0.717) is 0 Å². The van der Waals surface area contributed by atoms with Gasteiger partial charge in [0.05, 0.1) is 23.3 Å². The Bertz CT molecular complexity index is 1750. The minimum Gasteiger partial charge on any atom is -0.382 e. The molecule has 5 rings (SSSR count). The molecule has 4 aromatic rings. The standard InChI is InChI=1S/C24H24F4N8O3S/c1-23(2)22(37)33(9-10-35(23)40(3,38)39)17-6-4-5-14(19(17)25)18-11-15(20-21(29)30-13-32-36(18)20)16-7-8-31-34(16)12-24(26,27)28/h4-8,11,13H,9-10,12H2,1-3H3,(H2,29,30,32). The Balaban J connectivity index is 1.64. The monoisotopic (exact) mass is 580 g/mol. The van der Waals surface area contributed by atoms with E-state index in [9.17, 15) is 26.4 Å². The molecule has 1 saturated heterocycles. The van der Waals surface area contributed by atoms with Crippen LogP contribution in [-0.2, 0) is 21.4 Å². The van der Waals surface area contributed by atoms with Gasteiger partial charge in [-0.15, -0.1) is 0 Å². The molecule has 40 heavy (non-hydrogen) atoms. The third kappa shape index (κ3) is 4.56. The second kappa shape index (κ2) is 9.26. The SMILES string of the molecule is CC1(C)C(=O)N(c2cccc(-c3cc(-c4ccnn4CC(F)(F)F)c4c(N)ncnn34)c2F)CCN1S(C)(=O)=O. The van der Waals surface area contributed by atoms with Gasteiger partial charge in [0.1, 0.15) is 23.9 Å². The van der Waals surface area contributed by atoms with Crippen LogP contribution in [0.3, 0.4) is 0 Å². The van der Waals surface area contributed by atoms with E-state index in [1.807, 2.05) is 0 Å². The number of nitrogens with two attached hydrogens (primary N) is 1. The lowest BCUT2D eigenvalue weighted by molar-refractivity contribution is -0.142. The fourth-order valence-electron chi connectivity index (χ4n) is 5.06. The molecule has 0 aliphatic carbocycles. The summed E-state index contributed by atoms with van der Waals surface area (Å²) in [7, 11) is -3.71. The van der Waals surface area contributed by atoms with Crippen LogP contribution in [0.2, 0.25) is 0 Å². The lowest BCUT2D eigenvalue weighted by atomic mass is 9.99. The summed E-state index contributed by atoms with van der Waals surface area (Å²) >= 11 is 0. The van der Waals surface area contributed by atoms with E-state index >= 15 is 4.39 Å². The van der Waals surface area contributed by atoms with E-state index in [-0.39, 0.29) is 52.6 Å². The molecule has 2 N–H and O–H groups in total. The van der Waals surface area contributed by atoms with Crippen molar-refractivity contribution in [3.05, 3.63) is 48.7 Å². The summed E-state index contributed by atoms with van der Waals surface area (Å²) < 4.78 is 83.3. The molecular weight excluding hydrogens is 556 g/mol. The highest BCUT2D eigenvalue weighted by molar-refractivity contribution is 7.88. The number of carbonyl (C=O) groups excluding carboxylic acids is 1. The number of nitrogens with zero attached hydrogens (tertiary/aromatic N) is 7. The van der Waals surface area contributed by atoms with E-state index in [0.717, 1.165) is 21.6 Å². The van der Waals surface area contributed by atoms with Crippen molar-refractivity contribution < 1.29 is 30.8 Å². The number of piperazine rings is 1. The van der Waals surface area contributed by atoms with Crippen LogP contribution >= 0.6 is 0 Å². The molecule has 1 amide bonds. The van der Waals surface area contributed by atoms with Crippen LogP contribution in [0.25, 0.3) is 28.0 Å². The number of hydrogen-bond donors (Lipinski definition) is 1. The van der Waals surface area contributed by atoms with E-state index < -0.39 is 40.0 Å². The van der Waals surface area contributed by atoms with Crippen molar-refractivity contribution in [2.24, 2.45) is 0 Å². The van der Waals surface area contributed by atoms with Gasteiger partial charge in [-0.1, -0.05) is 6.07 Å². The summed E-state index contributed by atoms with van der Waals surface area (Å²) in [6.07, 6.45) is -1.22. The Morgan fingerprint density at radius 1 is 1.07 bits per heavy atom. The molecule has 1 fully saturated rings. The summed E-state index contributed by atoms with van der Waals surface area (Å²) in [4.78, 5) is 18.5. The van der Waals surface area contributed by atoms with Gasteiger partial charge in [0.2, 0.25) is 15.9 Å². The maximum Gasteiger partial charge on any atom is 0.408 e. The highest BCUT2D eigenvalue weighted by Crippen LogP contribution is 2.39. The second-order valence-electron chi connectivity index (χ2n) is 9.83.